The molecule has 7 nitrogen and oxygen atoms in total. The van der Waals surface area contributed by atoms with E-state index in [1.54, 1.807) is 38.1 Å². The van der Waals surface area contributed by atoms with E-state index in [0.717, 1.165) is 5.06 Å². The summed E-state index contributed by atoms with van der Waals surface area (Å²) in [7, 11) is 0. The lowest BCUT2D eigenvalue weighted by molar-refractivity contribution is -0.145. The first-order valence-corrected chi connectivity index (χ1v) is 7.84. The summed E-state index contributed by atoms with van der Waals surface area (Å²) in [6, 6.07) is 6.85. The first kappa shape index (κ1) is 18.2. The third kappa shape index (κ3) is 3.22. The maximum absolute atomic E-state index is 11.3. The fourth-order valence-corrected chi connectivity index (χ4v) is 2.37. The number of amidine groups is 1. The van der Waals surface area contributed by atoms with Crippen LogP contribution in [0.3, 0.4) is 0 Å². The first-order chi connectivity index (χ1) is 11.2. The van der Waals surface area contributed by atoms with Crippen LogP contribution in [0.15, 0.2) is 29.3 Å². The Kier molecular flexibility index (Phi) is 5.15. The maximum Gasteiger partial charge on any atom is 0.344 e. The van der Waals surface area contributed by atoms with E-state index in [1.807, 2.05) is 13.8 Å². The van der Waals surface area contributed by atoms with Gasteiger partial charge in [-0.05, 0) is 52.0 Å². The highest BCUT2D eigenvalue weighted by Gasteiger charge is 2.51. The summed E-state index contributed by atoms with van der Waals surface area (Å²) in [6.07, 6.45) is 0. The molecule has 0 amide bonds. The van der Waals surface area contributed by atoms with Crippen molar-refractivity contribution in [3.05, 3.63) is 29.8 Å². The second-order valence-electron chi connectivity index (χ2n) is 6.36. The van der Waals surface area contributed by atoms with Crippen molar-refractivity contribution in [1.82, 2.24) is 5.06 Å². The number of hydrogen-bond acceptors (Lipinski definition) is 7. The molecule has 1 unspecified atom stereocenters. The lowest BCUT2D eigenvalue weighted by atomic mass is 9.83. The van der Waals surface area contributed by atoms with Crippen LogP contribution in [0.1, 0.15) is 33.3 Å². The minimum atomic E-state index is -0.809. The molecule has 1 aromatic rings. The molecule has 0 radical (unpaired) electrons. The zero-order chi connectivity index (χ0) is 18.0. The van der Waals surface area contributed by atoms with Crippen molar-refractivity contribution >= 4 is 11.8 Å². The van der Waals surface area contributed by atoms with Gasteiger partial charge in [-0.3, -0.25) is 10.2 Å². The quantitative estimate of drug-likeness (QED) is 0.767. The van der Waals surface area contributed by atoms with Gasteiger partial charge in [0.15, 0.2) is 12.4 Å². The summed E-state index contributed by atoms with van der Waals surface area (Å²) < 4.78 is 10.1. The number of ether oxygens (including phenoxy) is 2. The Balaban J connectivity index is 2.14. The molecule has 1 heterocycles. The summed E-state index contributed by atoms with van der Waals surface area (Å²) in [5.74, 6) is 0.469. The van der Waals surface area contributed by atoms with Gasteiger partial charge in [0.2, 0.25) is 0 Å². The van der Waals surface area contributed by atoms with Crippen molar-refractivity contribution in [3.63, 3.8) is 0 Å². The molecule has 0 fully saturated rings. The van der Waals surface area contributed by atoms with Crippen molar-refractivity contribution in [1.29, 1.82) is 0 Å². The summed E-state index contributed by atoms with van der Waals surface area (Å²) in [5.41, 5.74) is -0.863. The number of aliphatic imine (C=N–C) groups is 1. The lowest BCUT2D eigenvalue weighted by Gasteiger charge is -2.38. The Morgan fingerprint density at radius 1 is 1.25 bits per heavy atom. The van der Waals surface area contributed by atoms with Crippen molar-refractivity contribution in [2.75, 3.05) is 19.8 Å². The zero-order valence-corrected chi connectivity index (χ0v) is 14.4. The number of aliphatic hydroxyl groups is 1. The number of esters is 1. The van der Waals surface area contributed by atoms with Crippen LogP contribution in [0.5, 0.6) is 5.75 Å². The number of hydrogen-bond donors (Lipinski definition) is 2. The Hall–Kier alpha value is -2.12. The third-order valence-corrected chi connectivity index (χ3v) is 4.48. The van der Waals surface area contributed by atoms with Crippen LogP contribution in [-0.2, 0) is 9.53 Å². The SMILES string of the molecule is CCOC(=O)COc1ccc(C2=NC(C)(CO)C(C)(C)N2O)cc1. The Morgan fingerprint density at radius 3 is 2.38 bits per heavy atom. The first-order valence-electron chi connectivity index (χ1n) is 7.84. The second-order valence-corrected chi connectivity index (χ2v) is 6.36. The molecule has 0 bridgehead atoms. The third-order valence-electron chi connectivity index (χ3n) is 4.48. The molecule has 1 aromatic carbocycles. The highest BCUT2D eigenvalue weighted by Crippen LogP contribution is 2.38. The fourth-order valence-electron chi connectivity index (χ4n) is 2.37. The summed E-state index contributed by atoms with van der Waals surface area (Å²) >= 11 is 0. The number of carbonyl (C=O) groups is 1. The number of hydroxylamine groups is 2. The molecule has 1 aliphatic heterocycles. The number of aliphatic hydroxyl groups excluding tert-OH is 1. The standard InChI is InChI=1S/C17H24N2O5/c1-5-23-14(21)10-24-13-8-6-12(7-9-13)15-18-17(4,11-20)16(2,3)19(15)22/h6-9,20,22H,5,10-11H2,1-4H3. The monoisotopic (exact) mass is 336 g/mol. The predicted molar refractivity (Wildman–Crippen MR) is 88.3 cm³/mol. The number of benzene rings is 1. The molecular weight excluding hydrogens is 312 g/mol. The van der Waals surface area contributed by atoms with Gasteiger partial charge >= 0.3 is 5.97 Å². The summed E-state index contributed by atoms with van der Waals surface area (Å²) in [5, 5.41) is 21.2. The number of nitrogens with zero attached hydrogens (tertiary/aromatic N) is 2. The smallest absolute Gasteiger partial charge is 0.344 e. The Bertz CT molecular complexity index is 626. The van der Waals surface area contributed by atoms with Crippen molar-refractivity contribution < 1.29 is 24.6 Å². The van der Waals surface area contributed by atoms with E-state index in [1.165, 1.54) is 0 Å². The van der Waals surface area contributed by atoms with E-state index in [2.05, 4.69) is 4.99 Å². The van der Waals surface area contributed by atoms with Crippen molar-refractivity contribution in [3.8, 4) is 5.75 Å². The van der Waals surface area contributed by atoms with Gasteiger partial charge in [0.25, 0.3) is 0 Å². The van der Waals surface area contributed by atoms with Crippen LogP contribution in [0.25, 0.3) is 0 Å². The van der Waals surface area contributed by atoms with Crippen LogP contribution in [-0.4, -0.2) is 58.1 Å². The molecule has 0 saturated carbocycles. The normalized spacial score (nSPS) is 22.2. The van der Waals surface area contributed by atoms with E-state index < -0.39 is 17.0 Å². The molecule has 2 rings (SSSR count). The summed E-state index contributed by atoms with van der Waals surface area (Å²) in [4.78, 5) is 15.8. The average Bonchev–Trinajstić information content (AvgIpc) is 2.75. The average molecular weight is 336 g/mol. The van der Waals surface area contributed by atoms with Crippen molar-refractivity contribution in [2.45, 2.75) is 38.8 Å². The van der Waals surface area contributed by atoms with Gasteiger partial charge in [-0.25, -0.2) is 9.86 Å². The van der Waals surface area contributed by atoms with Gasteiger partial charge in [0.1, 0.15) is 11.3 Å². The van der Waals surface area contributed by atoms with E-state index in [4.69, 9.17) is 9.47 Å². The molecule has 0 aromatic heterocycles. The molecular formula is C17H24N2O5. The van der Waals surface area contributed by atoms with Crippen LogP contribution in [0.2, 0.25) is 0 Å². The Labute approximate surface area is 141 Å². The van der Waals surface area contributed by atoms with Gasteiger partial charge < -0.3 is 14.6 Å². The minimum absolute atomic E-state index is 0.157. The van der Waals surface area contributed by atoms with E-state index in [9.17, 15) is 15.1 Å². The molecule has 24 heavy (non-hydrogen) atoms. The van der Waals surface area contributed by atoms with Crippen LogP contribution in [0, 0.1) is 0 Å². The number of carbonyl (C=O) groups excluding carboxylic acids is 1. The van der Waals surface area contributed by atoms with E-state index in [-0.39, 0.29) is 13.2 Å². The summed E-state index contributed by atoms with van der Waals surface area (Å²) in [6.45, 7) is 7.13. The maximum atomic E-state index is 11.3. The van der Waals surface area contributed by atoms with Crippen molar-refractivity contribution in [2.24, 2.45) is 4.99 Å². The van der Waals surface area contributed by atoms with Gasteiger partial charge in [0, 0.05) is 5.56 Å². The van der Waals surface area contributed by atoms with Gasteiger partial charge in [0.05, 0.1) is 18.8 Å². The predicted octanol–water partition coefficient (Wildman–Crippen LogP) is 1.61. The fraction of sp³-hybridized carbons (Fsp3) is 0.529. The molecule has 132 valence electrons. The molecule has 2 N–H and O–H groups in total. The molecule has 0 saturated heterocycles. The molecule has 1 aliphatic rings. The van der Waals surface area contributed by atoms with E-state index >= 15 is 0 Å². The highest BCUT2D eigenvalue weighted by atomic mass is 16.6. The van der Waals surface area contributed by atoms with Crippen LogP contribution in [0.4, 0.5) is 0 Å². The minimum Gasteiger partial charge on any atom is -0.482 e. The second kappa shape index (κ2) is 6.78. The molecule has 0 spiro atoms. The Morgan fingerprint density at radius 2 is 1.88 bits per heavy atom. The van der Waals surface area contributed by atoms with E-state index in [0.29, 0.717) is 23.8 Å². The topological polar surface area (TPSA) is 91.6 Å². The van der Waals surface area contributed by atoms with Gasteiger partial charge in [-0.2, -0.15) is 0 Å². The molecule has 7 heteroatoms. The molecule has 1 atom stereocenters. The van der Waals surface area contributed by atoms with Gasteiger partial charge in [-0.15, -0.1) is 0 Å². The lowest BCUT2D eigenvalue weighted by Crippen LogP contribution is -2.54. The zero-order valence-electron chi connectivity index (χ0n) is 14.4. The number of rotatable bonds is 6. The van der Waals surface area contributed by atoms with Crippen LogP contribution >= 0.6 is 0 Å². The molecule has 0 aliphatic carbocycles. The van der Waals surface area contributed by atoms with Crippen LogP contribution < -0.4 is 4.74 Å². The highest BCUT2D eigenvalue weighted by molar-refractivity contribution is 6.00. The van der Waals surface area contributed by atoms with Gasteiger partial charge in [-0.1, -0.05) is 0 Å². The largest absolute Gasteiger partial charge is 0.482 e.